The Labute approximate surface area is 96.3 Å². The average Bonchev–Trinajstić information content (AvgIpc) is 2.33. The largest absolute Gasteiger partial charge is 0.508 e. The Morgan fingerprint density at radius 3 is 2.50 bits per heavy atom. The first-order chi connectivity index (χ1) is 7.81. The maximum absolute atomic E-state index is 9.82. The number of rotatable bonds is 3. The molecule has 0 unspecified atom stereocenters. The van der Waals surface area contributed by atoms with Crippen LogP contribution >= 0.6 is 0 Å². The zero-order chi connectivity index (χ0) is 11.4. The third-order valence-corrected chi connectivity index (χ3v) is 3.17. The molecule has 2 rings (SSSR count). The molecule has 0 amide bonds. The van der Waals surface area contributed by atoms with E-state index in [4.69, 9.17) is 5.11 Å². The number of aliphatic hydroxyl groups is 1. The monoisotopic (exact) mass is 221 g/mol. The topological polar surface area (TPSA) is 43.7 Å². The molecule has 0 radical (unpaired) electrons. The van der Waals surface area contributed by atoms with Crippen LogP contribution in [-0.4, -0.2) is 29.9 Å². The Morgan fingerprint density at radius 1 is 1.12 bits per heavy atom. The van der Waals surface area contributed by atoms with Gasteiger partial charge in [-0.15, -0.1) is 0 Å². The number of phenolic OH excluding ortho intramolecular Hbond substituents is 1. The Hall–Kier alpha value is -1.22. The minimum Gasteiger partial charge on any atom is -0.508 e. The Bertz CT molecular complexity index is 346. The van der Waals surface area contributed by atoms with Crippen LogP contribution in [0.2, 0.25) is 0 Å². The quantitative estimate of drug-likeness (QED) is 0.819. The highest BCUT2D eigenvalue weighted by Crippen LogP contribution is 2.26. The Kier molecular flexibility index (Phi) is 3.67. The molecule has 88 valence electrons. The second-order valence-electron chi connectivity index (χ2n) is 4.33. The van der Waals surface area contributed by atoms with E-state index in [-0.39, 0.29) is 6.61 Å². The Morgan fingerprint density at radius 2 is 1.88 bits per heavy atom. The molecule has 0 aliphatic carbocycles. The molecule has 3 nitrogen and oxygen atoms in total. The molecule has 0 aromatic heterocycles. The molecule has 1 aliphatic rings. The molecule has 0 spiro atoms. The summed E-state index contributed by atoms with van der Waals surface area (Å²) < 4.78 is 0. The zero-order valence-corrected chi connectivity index (χ0v) is 9.52. The van der Waals surface area contributed by atoms with E-state index in [1.807, 2.05) is 18.2 Å². The molecular formula is C13H19NO2. The average molecular weight is 221 g/mol. The number of hydrogen-bond donors (Lipinski definition) is 2. The number of piperidine rings is 1. The normalized spacial score (nSPS) is 16.4. The summed E-state index contributed by atoms with van der Waals surface area (Å²) in [5.74, 6) is 0.303. The van der Waals surface area contributed by atoms with Crippen molar-refractivity contribution in [3.8, 4) is 5.75 Å². The van der Waals surface area contributed by atoms with Crippen LogP contribution in [0, 0.1) is 0 Å². The van der Waals surface area contributed by atoms with Gasteiger partial charge in [0.25, 0.3) is 0 Å². The maximum atomic E-state index is 9.82. The molecule has 0 bridgehead atoms. The molecule has 3 heteroatoms. The highest BCUT2D eigenvalue weighted by atomic mass is 16.3. The first-order valence-electron chi connectivity index (χ1n) is 5.99. The van der Waals surface area contributed by atoms with Gasteiger partial charge in [0.05, 0.1) is 0 Å². The minimum atomic E-state index is 0.0800. The predicted octanol–water partition coefficient (Wildman–Crippen LogP) is 1.92. The van der Waals surface area contributed by atoms with Gasteiger partial charge in [0.1, 0.15) is 5.75 Å². The second-order valence-corrected chi connectivity index (χ2v) is 4.33. The molecule has 0 atom stereocenters. The number of anilines is 1. The van der Waals surface area contributed by atoms with Crippen LogP contribution in [0.15, 0.2) is 18.2 Å². The summed E-state index contributed by atoms with van der Waals surface area (Å²) in [6.45, 7) is 2.24. The van der Waals surface area contributed by atoms with E-state index in [2.05, 4.69) is 4.90 Å². The second kappa shape index (κ2) is 5.21. The molecule has 1 aromatic rings. The number of phenols is 1. The van der Waals surface area contributed by atoms with E-state index in [0.717, 1.165) is 24.3 Å². The predicted molar refractivity (Wildman–Crippen MR) is 65.0 cm³/mol. The molecule has 16 heavy (non-hydrogen) atoms. The van der Waals surface area contributed by atoms with Gasteiger partial charge in [0, 0.05) is 31.5 Å². The van der Waals surface area contributed by atoms with E-state index < -0.39 is 0 Å². The molecular weight excluding hydrogens is 202 g/mol. The summed E-state index contributed by atoms with van der Waals surface area (Å²) in [6, 6.07) is 5.77. The highest BCUT2D eigenvalue weighted by molar-refractivity contribution is 5.53. The van der Waals surface area contributed by atoms with Crippen LogP contribution in [0.3, 0.4) is 0 Å². The van der Waals surface area contributed by atoms with Crippen molar-refractivity contribution in [1.82, 2.24) is 0 Å². The van der Waals surface area contributed by atoms with Crippen LogP contribution in [-0.2, 0) is 6.42 Å². The van der Waals surface area contributed by atoms with Crippen molar-refractivity contribution in [1.29, 1.82) is 0 Å². The fourth-order valence-electron chi connectivity index (χ4n) is 2.23. The van der Waals surface area contributed by atoms with Crippen LogP contribution < -0.4 is 4.90 Å². The lowest BCUT2D eigenvalue weighted by Crippen LogP contribution is -2.29. The molecule has 1 fully saturated rings. The maximum Gasteiger partial charge on any atom is 0.120 e. The van der Waals surface area contributed by atoms with Crippen LogP contribution in [0.25, 0.3) is 0 Å². The molecule has 1 aromatic carbocycles. The molecule has 2 N–H and O–H groups in total. The summed E-state index contributed by atoms with van der Waals surface area (Å²) in [6.07, 6.45) is 4.30. The van der Waals surface area contributed by atoms with Crippen molar-refractivity contribution in [2.45, 2.75) is 25.7 Å². The van der Waals surface area contributed by atoms with E-state index >= 15 is 0 Å². The zero-order valence-electron chi connectivity index (χ0n) is 9.52. The fourth-order valence-corrected chi connectivity index (χ4v) is 2.23. The lowest BCUT2D eigenvalue weighted by Gasteiger charge is -2.29. The van der Waals surface area contributed by atoms with Crippen molar-refractivity contribution in [2.75, 3.05) is 24.6 Å². The number of aliphatic hydroxyl groups excluding tert-OH is 1. The van der Waals surface area contributed by atoms with Gasteiger partial charge in [0.2, 0.25) is 0 Å². The third kappa shape index (κ3) is 2.47. The van der Waals surface area contributed by atoms with Crippen molar-refractivity contribution in [3.63, 3.8) is 0 Å². The lowest BCUT2D eigenvalue weighted by atomic mass is 10.1. The van der Waals surface area contributed by atoms with E-state index in [9.17, 15) is 5.11 Å². The van der Waals surface area contributed by atoms with Gasteiger partial charge in [-0.25, -0.2) is 0 Å². The van der Waals surface area contributed by atoms with Gasteiger partial charge in [-0.1, -0.05) is 6.07 Å². The summed E-state index contributed by atoms with van der Waals surface area (Å²) >= 11 is 0. The van der Waals surface area contributed by atoms with Crippen LogP contribution in [0.1, 0.15) is 24.8 Å². The smallest absolute Gasteiger partial charge is 0.120 e. The number of aromatic hydroxyl groups is 1. The molecule has 0 saturated carbocycles. The summed E-state index contributed by atoms with van der Waals surface area (Å²) in [5, 5.41) is 18.7. The number of benzene rings is 1. The summed E-state index contributed by atoms with van der Waals surface area (Å²) in [7, 11) is 0. The number of nitrogens with zero attached hydrogens (tertiary/aromatic N) is 1. The standard InChI is InChI=1S/C13H19NO2/c15-9-6-11-4-5-12(10-13(11)16)14-7-2-1-3-8-14/h4-5,10,15-16H,1-3,6-9H2. The molecule has 1 aliphatic heterocycles. The third-order valence-electron chi connectivity index (χ3n) is 3.17. The van der Waals surface area contributed by atoms with Crippen molar-refractivity contribution >= 4 is 5.69 Å². The lowest BCUT2D eigenvalue weighted by molar-refractivity contribution is 0.297. The summed E-state index contributed by atoms with van der Waals surface area (Å²) in [4.78, 5) is 2.31. The Balaban J connectivity index is 2.13. The highest BCUT2D eigenvalue weighted by Gasteiger charge is 2.12. The van der Waals surface area contributed by atoms with Gasteiger partial charge >= 0.3 is 0 Å². The fraction of sp³-hybridized carbons (Fsp3) is 0.538. The first-order valence-corrected chi connectivity index (χ1v) is 5.99. The minimum absolute atomic E-state index is 0.0800. The van der Waals surface area contributed by atoms with Gasteiger partial charge in [0.15, 0.2) is 0 Å². The van der Waals surface area contributed by atoms with Gasteiger partial charge in [-0.3, -0.25) is 0 Å². The first kappa shape index (κ1) is 11.3. The van der Waals surface area contributed by atoms with Crippen molar-refractivity contribution in [2.24, 2.45) is 0 Å². The van der Waals surface area contributed by atoms with Crippen molar-refractivity contribution in [3.05, 3.63) is 23.8 Å². The molecule has 1 heterocycles. The SMILES string of the molecule is OCCc1ccc(N2CCCCC2)cc1O. The van der Waals surface area contributed by atoms with Gasteiger partial charge in [-0.2, -0.15) is 0 Å². The van der Waals surface area contributed by atoms with Crippen LogP contribution in [0.5, 0.6) is 5.75 Å². The van der Waals surface area contributed by atoms with E-state index in [1.165, 1.54) is 19.3 Å². The van der Waals surface area contributed by atoms with Crippen molar-refractivity contribution < 1.29 is 10.2 Å². The van der Waals surface area contributed by atoms with E-state index in [1.54, 1.807) is 0 Å². The van der Waals surface area contributed by atoms with E-state index in [0.29, 0.717) is 12.2 Å². The van der Waals surface area contributed by atoms with Gasteiger partial charge < -0.3 is 15.1 Å². The summed E-state index contributed by atoms with van der Waals surface area (Å²) in [5.41, 5.74) is 1.92. The number of hydrogen-bond acceptors (Lipinski definition) is 3. The van der Waals surface area contributed by atoms with Crippen LogP contribution in [0.4, 0.5) is 5.69 Å². The molecule has 1 saturated heterocycles. The van der Waals surface area contributed by atoms with Gasteiger partial charge in [-0.05, 0) is 37.3 Å².